The summed E-state index contributed by atoms with van der Waals surface area (Å²) >= 11 is 0. The van der Waals surface area contributed by atoms with Crippen molar-refractivity contribution < 1.29 is 4.79 Å². The lowest BCUT2D eigenvalue weighted by Gasteiger charge is -2.47. The maximum absolute atomic E-state index is 12.3. The Hall–Kier alpha value is -0.610. The molecule has 2 aliphatic heterocycles. The number of carbonyl (C=O) groups is 1. The summed E-state index contributed by atoms with van der Waals surface area (Å²) in [6, 6.07) is 0.303. The van der Waals surface area contributed by atoms with Crippen LogP contribution in [0.25, 0.3) is 0 Å². The van der Waals surface area contributed by atoms with E-state index in [0.29, 0.717) is 0 Å². The molecule has 1 unspecified atom stereocenters. The van der Waals surface area contributed by atoms with Gasteiger partial charge >= 0.3 is 0 Å². The lowest BCUT2D eigenvalue weighted by molar-refractivity contribution is -0.124. The first-order valence-corrected chi connectivity index (χ1v) is 7.61. The van der Waals surface area contributed by atoms with Crippen LogP contribution in [0.1, 0.15) is 59.8 Å². The van der Waals surface area contributed by atoms with Crippen LogP contribution < -0.4 is 16.0 Å². The first kappa shape index (κ1) is 14.8. The smallest absolute Gasteiger partial charge is 0.237 e. The van der Waals surface area contributed by atoms with Crippen molar-refractivity contribution in [3.05, 3.63) is 0 Å². The number of piperidine rings is 2. The fraction of sp³-hybridized carbons (Fsp3) is 0.933. The zero-order valence-corrected chi connectivity index (χ0v) is 12.8. The normalized spacial score (nSPS) is 30.8. The van der Waals surface area contributed by atoms with Crippen LogP contribution in [0.3, 0.4) is 0 Å². The minimum absolute atomic E-state index is 0.0230. The zero-order valence-electron chi connectivity index (χ0n) is 12.8. The molecule has 0 radical (unpaired) electrons. The molecule has 2 heterocycles. The Bertz CT molecular complexity index is 316. The number of carbonyl (C=O) groups excluding carboxylic acids is 1. The fourth-order valence-corrected chi connectivity index (χ4v) is 3.80. The van der Waals surface area contributed by atoms with Gasteiger partial charge in [0, 0.05) is 17.1 Å². The summed E-state index contributed by atoms with van der Waals surface area (Å²) in [5, 5.41) is 10.2. The molecule has 0 aromatic heterocycles. The third-order valence-electron chi connectivity index (χ3n) is 4.16. The van der Waals surface area contributed by atoms with Crippen LogP contribution in [0, 0.1) is 0 Å². The lowest BCUT2D eigenvalue weighted by Crippen LogP contribution is -2.63. The van der Waals surface area contributed by atoms with Crippen LogP contribution in [0.2, 0.25) is 0 Å². The molecule has 2 aliphatic rings. The minimum atomic E-state index is 0.0230. The first-order chi connectivity index (χ1) is 8.77. The Morgan fingerprint density at radius 2 is 1.74 bits per heavy atom. The van der Waals surface area contributed by atoms with E-state index in [1.165, 1.54) is 6.42 Å². The molecule has 0 aromatic carbocycles. The van der Waals surface area contributed by atoms with E-state index in [-0.39, 0.29) is 29.1 Å². The number of hydrogen-bond acceptors (Lipinski definition) is 3. The van der Waals surface area contributed by atoms with Gasteiger partial charge in [0.05, 0.1) is 6.04 Å². The van der Waals surface area contributed by atoms with Crippen molar-refractivity contribution in [2.45, 2.75) is 83.0 Å². The van der Waals surface area contributed by atoms with E-state index in [1.807, 2.05) is 0 Å². The van der Waals surface area contributed by atoms with Gasteiger partial charge in [0.25, 0.3) is 0 Å². The Morgan fingerprint density at radius 1 is 1.11 bits per heavy atom. The quantitative estimate of drug-likeness (QED) is 0.711. The molecule has 0 bridgehead atoms. The van der Waals surface area contributed by atoms with E-state index in [4.69, 9.17) is 0 Å². The van der Waals surface area contributed by atoms with Crippen LogP contribution >= 0.6 is 0 Å². The predicted molar refractivity (Wildman–Crippen MR) is 78.1 cm³/mol. The molecule has 0 aromatic rings. The average Bonchev–Trinajstić information content (AvgIpc) is 2.25. The van der Waals surface area contributed by atoms with Crippen molar-refractivity contribution in [2.24, 2.45) is 0 Å². The largest absolute Gasteiger partial charge is 0.352 e. The van der Waals surface area contributed by atoms with Gasteiger partial charge in [-0.25, -0.2) is 0 Å². The molecular formula is C15H29N3O. The van der Waals surface area contributed by atoms with E-state index in [9.17, 15) is 4.79 Å². The highest BCUT2D eigenvalue weighted by Gasteiger charge is 2.38. The topological polar surface area (TPSA) is 53.2 Å². The Labute approximate surface area is 117 Å². The van der Waals surface area contributed by atoms with E-state index in [2.05, 4.69) is 43.6 Å². The molecule has 2 rings (SSSR count). The monoisotopic (exact) mass is 267 g/mol. The molecule has 0 spiro atoms. The summed E-state index contributed by atoms with van der Waals surface area (Å²) in [4.78, 5) is 12.3. The van der Waals surface area contributed by atoms with Crippen LogP contribution in [0.4, 0.5) is 0 Å². The highest BCUT2D eigenvalue weighted by atomic mass is 16.2. The van der Waals surface area contributed by atoms with Crippen LogP contribution in [0.5, 0.6) is 0 Å². The van der Waals surface area contributed by atoms with Crippen molar-refractivity contribution in [1.29, 1.82) is 0 Å². The molecule has 110 valence electrons. The molecule has 2 saturated heterocycles. The van der Waals surface area contributed by atoms with E-state index >= 15 is 0 Å². The minimum Gasteiger partial charge on any atom is -0.352 e. The van der Waals surface area contributed by atoms with Gasteiger partial charge in [-0.05, 0) is 59.9 Å². The van der Waals surface area contributed by atoms with Gasteiger partial charge in [-0.1, -0.05) is 6.42 Å². The molecule has 1 amide bonds. The summed E-state index contributed by atoms with van der Waals surface area (Å²) in [5.74, 6) is 0.193. The third-order valence-corrected chi connectivity index (χ3v) is 4.16. The Kier molecular flexibility index (Phi) is 4.21. The van der Waals surface area contributed by atoms with Crippen molar-refractivity contribution in [1.82, 2.24) is 16.0 Å². The van der Waals surface area contributed by atoms with Crippen LogP contribution in [-0.4, -0.2) is 35.6 Å². The first-order valence-electron chi connectivity index (χ1n) is 7.61. The molecular weight excluding hydrogens is 238 g/mol. The predicted octanol–water partition coefficient (Wildman–Crippen LogP) is 1.55. The second kappa shape index (κ2) is 5.41. The lowest BCUT2D eigenvalue weighted by atomic mass is 9.79. The third kappa shape index (κ3) is 4.18. The molecule has 3 N–H and O–H groups in total. The van der Waals surface area contributed by atoms with Crippen molar-refractivity contribution in [3.63, 3.8) is 0 Å². The second-order valence-electron chi connectivity index (χ2n) is 7.51. The average molecular weight is 267 g/mol. The maximum Gasteiger partial charge on any atom is 0.237 e. The summed E-state index contributed by atoms with van der Waals surface area (Å²) in [6.07, 6.45) is 5.32. The van der Waals surface area contributed by atoms with Gasteiger partial charge in [0.1, 0.15) is 0 Å². The van der Waals surface area contributed by atoms with Crippen molar-refractivity contribution in [3.8, 4) is 0 Å². The number of amides is 1. The molecule has 4 heteroatoms. The summed E-state index contributed by atoms with van der Waals surface area (Å²) in [5.41, 5.74) is 0.166. The number of nitrogens with one attached hydrogen (secondary N) is 3. The van der Waals surface area contributed by atoms with Gasteiger partial charge in [-0.3, -0.25) is 4.79 Å². The Morgan fingerprint density at radius 3 is 2.26 bits per heavy atom. The van der Waals surface area contributed by atoms with E-state index in [1.54, 1.807) is 0 Å². The molecule has 4 nitrogen and oxygen atoms in total. The number of rotatable bonds is 2. The van der Waals surface area contributed by atoms with Gasteiger partial charge in [-0.15, -0.1) is 0 Å². The standard InChI is InChI=1S/C15H29N3O/c1-14(2)9-11(10-15(3,4)18-14)17-13(19)12-7-5-6-8-16-12/h11-12,16,18H,5-10H2,1-4H3,(H,17,19). The fourth-order valence-electron chi connectivity index (χ4n) is 3.80. The zero-order chi connectivity index (χ0) is 14.1. The maximum atomic E-state index is 12.3. The van der Waals surface area contributed by atoms with Crippen molar-refractivity contribution >= 4 is 5.91 Å². The summed E-state index contributed by atoms with van der Waals surface area (Å²) < 4.78 is 0. The van der Waals surface area contributed by atoms with Gasteiger partial charge in [0.2, 0.25) is 5.91 Å². The van der Waals surface area contributed by atoms with Crippen LogP contribution in [-0.2, 0) is 4.79 Å². The SMILES string of the molecule is CC1(C)CC(NC(=O)C2CCCCN2)CC(C)(C)N1. The van der Waals surface area contributed by atoms with E-state index in [0.717, 1.165) is 32.2 Å². The van der Waals surface area contributed by atoms with Gasteiger partial charge < -0.3 is 16.0 Å². The molecule has 2 fully saturated rings. The molecule has 0 aliphatic carbocycles. The van der Waals surface area contributed by atoms with E-state index < -0.39 is 0 Å². The molecule has 1 atom stereocenters. The van der Waals surface area contributed by atoms with Crippen molar-refractivity contribution in [2.75, 3.05) is 6.54 Å². The van der Waals surface area contributed by atoms with Gasteiger partial charge in [-0.2, -0.15) is 0 Å². The molecule has 0 saturated carbocycles. The molecule has 19 heavy (non-hydrogen) atoms. The van der Waals surface area contributed by atoms with Crippen LogP contribution in [0.15, 0.2) is 0 Å². The summed E-state index contributed by atoms with van der Waals surface area (Å²) in [6.45, 7) is 9.83. The number of hydrogen-bond donors (Lipinski definition) is 3. The highest BCUT2D eigenvalue weighted by Crippen LogP contribution is 2.28. The second-order valence-corrected chi connectivity index (χ2v) is 7.51. The Balaban J connectivity index is 1.92. The summed E-state index contributed by atoms with van der Waals surface area (Å²) in [7, 11) is 0. The van der Waals surface area contributed by atoms with Gasteiger partial charge in [0.15, 0.2) is 0 Å². The highest BCUT2D eigenvalue weighted by molar-refractivity contribution is 5.82.